The first-order chi connectivity index (χ1) is 18.8. The van der Waals surface area contributed by atoms with E-state index in [0.717, 1.165) is 30.2 Å². The molecule has 212 valence electrons. The lowest BCUT2D eigenvalue weighted by molar-refractivity contribution is -0.197. The molecule has 1 atom stereocenters. The monoisotopic (exact) mass is 561 g/mol. The highest BCUT2D eigenvalue weighted by Gasteiger charge is 2.63. The Morgan fingerprint density at radius 2 is 1.88 bits per heavy atom. The average Bonchev–Trinajstić information content (AvgIpc) is 3.46. The number of carbonyl (C=O) groups is 1. The number of halogens is 5. The number of fused-ring (bicyclic) bond motifs is 1. The second-order valence-electron chi connectivity index (χ2n) is 11.3. The van der Waals surface area contributed by atoms with Crippen molar-refractivity contribution in [2.24, 2.45) is 7.05 Å². The summed E-state index contributed by atoms with van der Waals surface area (Å²) >= 11 is 0. The van der Waals surface area contributed by atoms with Crippen LogP contribution in [-0.2, 0) is 36.7 Å². The van der Waals surface area contributed by atoms with Crippen molar-refractivity contribution in [3.8, 4) is 0 Å². The number of aryl methyl sites for hydroxylation is 1. The Morgan fingerprint density at radius 1 is 1.12 bits per heavy atom. The predicted octanol–water partition coefficient (Wildman–Crippen LogP) is 4.98. The minimum Gasteiger partial charge on any atom is -0.374 e. The van der Waals surface area contributed by atoms with Crippen LogP contribution in [0.25, 0.3) is 0 Å². The Hall–Kier alpha value is -3.38. The topological polar surface area (TPSA) is 72.3 Å². The lowest BCUT2D eigenvalue weighted by atomic mass is 9.78. The lowest BCUT2D eigenvalue weighted by Crippen LogP contribution is -2.60. The van der Waals surface area contributed by atoms with Crippen LogP contribution in [0.2, 0.25) is 0 Å². The molecule has 3 heterocycles. The van der Waals surface area contributed by atoms with Gasteiger partial charge in [-0.3, -0.25) is 4.79 Å². The van der Waals surface area contributed by atoms with Gasteiger partial charge in [-0.25, -0.2) is 8.78 Å². The number of benzene rings is 2. The molecule has 2 aromatic carbocycles. The molecule has 2 aliphatic heterocycles. The highest BCUT2D eigenvalue weighted by molar-refractivity contribution is 6.10. The van der Waals surface area contributed by atoms with E-state index < -0.39 is 42.2 Å². The summed E-state index contributed by atoms with van der Waals surface area (Å²) in [7, 11) is 1.48. The van der Waals surface area contributed by atoms with E-state index in [1.165, 1.54) is 48.3 Å². The number of aromatic nitrogens is 3. The summed E-state index contributed by atoms with van der Waals surface area (Å²) in [6.07, 6.45) is -0.509. The molecule has 1 saturated carbocycles. The summed E-state index contributed by atoms with van der Waals surface area (Å²) in [4.78, 5) is 14.7. The number of amides is 1. The number of rotatable bonds is 7. The summed E-state index contributed by atoms with van der Waals surface area (Å²) in [5.74, 6) is -0.928. The van der Waals surface area contributed by atoms with Crippen LogP contribution in [0, 0.1) is 0 Å². The van der Waals surface area contributed by atoms with Crippen molar-refractivity contribution in [1.82, 2.24) is 20.1 Å². The maximum absolute atomic E-state index is 16.9. The molecular weight excluding hydrogens is 533 g/mol. The third kappa shape index (κ3) is 4.11. The van der Waals surface area contributed by atoms with Crippen molar-refractivity contribution >= 4 is 11.6 Å². The summed E-state index contributed by atoms with van der Waals surface area (Å²) in [6.45, 7) is 0.833. The van der Waals surface area contributed by atoms with Crippen LogP contribution in [0.1, 0.15) is 64.6 Å². The van der Waals surface area contributed by atoms with Gasteiger partial charge < -0.3 is 19.5 Å². The number of nitrogens with one attached hydrogen (secondary N) is 1. The van der Waals surface area contributed by atoms with Crippen LogP contribution in [-0.4, -0.2) is 45.1 Å². The van der Waals surface area contributed by atoms with E-state index in [-0.39, 0.29) is 46.8 Å². The Labute approximate surface area is 227 Å². The van der Waals surface area contributed by atoms with Gasteiger partial charge in [0.15, 0.2) is 5.82 Å². The minimum atomic E-state index is -4.68. The Balaban J connectivity index is 1.37. The molecule has 2 fully saturated rings. The van der Waals surface area contributed by atoms with Crippen LogP contribution >= 0.6 is 0 Å². The number of anilines is 1. The van der Waals surface area contributed by atoms with Gasteiger partial charge in [-0.15, -0.1) is 10.2 Å². The first-order valence-corrected chi connectivity index (χ1v) is 13.1. The van der Waals surface area contributed by atoms with Crippen molar-refractivity contribution in [3.05, 3.63) is 76.4 Å². The highest BCUT2D eigenvalue weighted by atomic mass is 19.4. The number of alkyl halides is 5. The zero-order valence-corrected chi connectivity index (χ0v) is 22.0. The van der Waals surface area contributed by atoms with Gasteiger partial charge in [0.2, 0.25) is 11.3 Å². The number of hydrogen-bond acceptors (Lipinski definition) is 5. The predicted molar refractivity (Wildman–Crippen MR) is 135 cm³/mol. The van der Waals surface area contributed by atoms with Gasteiger partial charge in [0, 0.05) is 35.9 Å². The Morgan fingerprint density at radius 3 is 2.45 bits per heavy atom. The molecule has 6 rings (SSSR count). The van der Waals surface area contributed by atoms with Gasteiger partial charge >= 0.3 is 6.18 Å². The molecule has 0 spiro atoms. The molecule has 0 bridgehead atoms. The van der Waals surface area contributed by atoms with Crippen molar-refractivity contribution in [2.45, 2.75) is 62.3 Å². The second-order valence-corrected chi connectivity index (χ2v) is 11.3. The minimum absolute atomic E-state index is 0.0510. The van der Waals surface area contributed by atoms with Gasteiger partial charge in [0.1, 0.15) is 6.33 Å². The first kappa shape index (κ1) is 26.8. The molecule has 1 saturated heterocycles. The zero-order valence-electron chi connectivity index (χ0n) is 22.0. The molecule has 1 aromatic heterocycles. The smallest absolute Gasteiger partial charge is 0.374 e. The third-order valence-corrected chi connectivity index (χ3v) is 8.44. The van der Waals surface area contributed by atoms with E-state index in [4.69, 9.17) is 4.74 Å². The Kier molecular flexibility index (Phi) is 6.08. The normalized spacial score (nSPS) is 21.0. The largest absolute Gasteiger partial charge is 0.416 e. The SMILES string of the molecule is Cn1cnnc1[C@](F)(c1cccc(N2Cc3c(cc(CNC4(C)CCC4)cc3C(F)(F)F)C2=O)c1)C1(F)COC1. The molecule has 1 amide bonds. The summed E-state index contributed by atoms with van der Waals surface area (Å²) in [6, 6.07) is 8.15. The van der Waals surface area contributed by atoms with Crippen LogP contribution in [0.5, 0.6) is 0 Å². The van der Waals surface area contributed by atoms with Crippen LogP contribution in [0.3, 0.4) is 0 Å². The van der Waals surface area contributed by atoms with Crippen LogP contribution < -0.4 is 10.2 Å². The fraction of sp³-hybridized carbons (Fsp3) is 0.464. The molecule has 3 aromatic rings. The number of nitrogens with zero attached hydrogens (tertiary/aromatic N) is 4. The van der Waals surface area contributed by atoms with E-state index in [1.54, 1.807) is 0 Å². The lowest BCUT2D eigenvalue weighted by Gasteiger charge is -2.44. The van der Waals surface area contributed by atoms with E-state index in [9.17, 15) is 18.0 Å². The molecule has 7 nitrogen and oxygen atoms in total. The van der Waals surface area contributed by atoms with Crippen molar-refractivity contribution in [1.29, 1.82) is 0 Å². The van der Waals surface area contributed by atoms with E-state index in [1.807, 2.05) is 6.92 Å². The molecule has 1 N–H and O–H groups in total. The highest BCUT2D eigenvalue weighted by Crippen LogP contribution is 2.49. The second kappa shape index (κ2) is 9.07. The number of carbonyl (C=O) groups excluding carboxylic acids is 1. The summed E-state index contributed by atoms with van der Waals surface area (Å²) in [5, 5.41) is 10.8. The Bertz CT molecular complexity index is 1480. The van der Waals surface area contributed by atoms with Gasteiger partial charge in [-0.2, -0.15) is 13.2 Å². The van der Waals surface area contributed by atoms with Gasteiger partial charge in [-0.1, -0.05) is 12.1 Å². The van der Waals surface area contributed by atoms with Crippen LogP contribution in [0.15, 0.2) is 42.7 Å². The summed E-state index contributed by atoms with van der Waals surface area (Å²) < 4.78 is 81.4. The fourth-order valence-corrected chi connectivity index (χ4v) is 5.78. The molecule has 40 heavy (non-hydrogen) atoms. The fourth-order valence-electron chi connectivity index (χ4n) is 5.78. The molecule has 0 unspecified atom stereocenters. The molecule has 3 aliphatic rings. The molecule has 12 heteroatoms. The average molecular weight is 562 g/mol. The van der Waals surface area contributed by atoms with Crippen molar-refractivity contribution < 1.29 is 31.5 Å². The standard InChI is InChI=1S/C28H28F5N5O2/c1-25(7-4-8-25)34-12-17-9-20-21(22(10-17)28(31,32)33)13-38(23(20)39)19-6-3-5-18(11-19)27(30,26(29)14-40-15-26)24-36-35-16-37(24)2/h3,5-6,9-11,16,34H,4,7-8,12-15H2,1-2H3/t27-/m1/s1. The van der Waals surface area contributed by atoms with Gasteiger partial charge in [0.25, 0.3) is 5.91 Å². The third-order valence-electron chi connectivity index (χ3n) is 8.44. The van der Waals surface area contributed by atoms with Gasteiger partial charge in [0.05, 0.1) is 25.3 Å². The molecular formula is C28H28F5N5O2. The maximum Gasteiger partial charge on any atom is 0.416 e. The summed E-state index contributed by atoms with van der Waals surface area (Å²) in [5.41, 5.74) is -6.08. The maximum atomic E-state index is 16.9. The molecule has 0 radical (unpaired) electrons. The zero-order chi connectivity index (χ0) is 28.5. The quantitative estimate of drug-likeness (QED) is 0.412. The van der Waals surface area contributed by atoms with Crippen LogP contribution in [0.4, 0.5) is 27.6 Å². The van der Waals surface area contributed by atoms with E-state index in [0.29, 0.717) is 5.56 Å². The van der Waals surface area contributed by atoms with Crippen molar-refractivity contribution in [3.63, 3.8) is 0 Å². The number of hydrogen-bond donors (Lipinski definition) is 1. The van der Waals surface area contributed by atoms with Crippen molar-refractivity contribution in [2.75, 3.05) is 18.1 Å². The van der Waals surface area contributed by atoms with E-state index in [2.05, 4.69) is 15.5 Å². The first-order valence-electron chi connectivity index (χ1n) is 13.1. The van der Waals surface area contributed by atoms with E-state index >= 15 is 8.78 Å². The van der Waals surface area contributed by atoms with Gasteiger partial charge in [-0.05, 0) is 61.6 Å². The molecule has 1 aliphatic carbocycles. The number of ether oxygens (including phenoxy) is 1.